The molecule has 1 aliphatic carbocycles. The van der Waals surface area contributed by atoms with Crippen LogP contribution in [0.25, 0.3) is 0 Å². The van der Waals surface area contributed by atoms with E-state index in [2.05, 4.69) is 4.72 Å². The van der Waals surface area contributed by atoms with Crippen molar-refractivity contribution >= 4 is 16.0 Å². The Labute approximate surface area is 124 Å². The smallest absolute Gasteiger partial charge is 0.307 e. The molecule has 2 rings (SSSR count). The lowest BCUT2D eigenvalue weighted by Crippen LogP contribution is -2.49. The average molecular weight is 313 g/mol. The highest BCUT2D eigenvalue weighted by atomic mass is 32.2. The fourth-order valence-electron chi connectivity index (χ4n) is 2.30. The highest BCUT2D eigenvalue weighted by Gasteiger charge is 2.37. The zero-order valence-corrected chi connectivity index (χ0v) is 12.6. The van der Waals surface area contributed by atoms with Gasteiger partial charge in [-0.25, -0.2) is 13.1 Å². The van der Waals surface area contributed by atoms with Crippen LogP contribution in [0.3, 0.4) is 0 Å². The maximum atomic E-state index is 12.2. The van der Waals surface area contributed by atoms with E-state index in [0.717, 1.165) is 19.3 Å². The van der Waals surface area contributed by atoms with Crippen molar-refractivity contribution in [2.24, 2.45) is 0 Å². The second-order valence-corrected chi connectivity index (χ2v) is 7.05. The lowest BCUT2D eigenvalue weighted by Gasteiger charge is -2.40. The molecular weight excluding hydrogens is 294 g/mol. The molecule has 0 aliphatic heterocycles. The van der Waals surface area contributed by atoms with Gasteiger partial charge in [0.05, 0.1) is 16.9 Å². The second-order valence-electron chi connectivity index (χ2n) is 5.28. The van der Waals surface area contributed by atoms with Crippen LogP contribution >= 0.6 is 0 Å². The van der Waals surface area contributed by atoms with Crippen molar-refractivity contribution in [2.75, 3.05) is 13.7 Å². The van der Waals surface area contributed by atoms with E-state index in [1.54, 1.807) is 7.11 Å². The van der Waals surface area contributed by atoms with E-state index in [1.807, 2.05) is 0 Å². The topological polar surface area (TPSA) is 92.7 Å². The van der Waals surface area contributed by atoms with Gasteiger partial charge in [-0.15, -0.1) is 0 Å². The van der Waals surface area contributed by atoms with Gasteiger partial charge in [-0.1, -0.05) is 12.1 Å². The molecule has 1 fully saturated rings. The van der Waals surface area contributed by atoms with Crippen molar-refractivity contribution in [1.82, 2.24) is 4.72 Å². The summed E-state index contributed by atoms with van der Waals surface area (Å²) in [6, 6.07) is 5.86. The SMILES string of the molecule is COC1(CNS(=O)(=O)c2ccc(CC(=O)O)cc2)CCC1. The summed E-state index contributed by atoms with van der Waals surface area (Å²) in [5.41, 5.74) is 0.185. The van der Waals surface area contributed by atoms with Crippen LogP contribution in [0.2, 0.25) is 0 Å². The van der Waals surface area contributed by atoms with Gasteiger partial charge in [-0.3, -0.25) is 4.79 Å². The molecule has 1 aromatic carbocycles. The van der Waals surface area contributed by atoms with Gasteiger partial charge in [0.15, 0.2) is 0 Å². The molecule has 0 saturated heterocycles. The molecule has 1 aromatic rings. The third kappa shape index (κ3) is 3.81. The van der Waals surface area contributed by atoms with E-state index in [0.29, 0.717) is 5.56 Å². The first-order chi connectivity index (χ1) is 9.87. The summed E-state index contributed by atoms with van der Waals surface area (Å²) in [5.74, 6) is -0.948. The molecule has 6 nitrogen and oxygen atoms in total. The van der Waals surface area contributed by atoms with E-state index in [-0.39, 0.29) is 23.5 Å². The maximum Gasteiger partial charge on any atom is 0.307 e. The van der Waals surface area contributed by atoms with Crippen molar-refractivity contribution in [3.8, 4) is 0 Å². The van der Waals surface area contributed by atoms with Gasteiger partial charge in [0, 0.05) is 13.7 Å². The average Bonchev–Trinajstić information content (AvgIpc) is 2.38. The van der Waals surface area contributed by atoms with Crippen LogP contribution in [0.5, 0.6) is 0 Å². The second kappa shape index (κ2) is 6.13. The maximum absolute atomic E-state index is 12.2. The third-order valence-electron chi connectivity index (χ3n) is 3.87. The molecule has 0 bridgehead atoms. The minimum Gasteiger partial charge on any atom is -0.481 e. The summed E-state index contributed by atoms with van der Waals surface area (Å²) in [7, 11) is -2.01. The predicted molar refractivity (Wildman–Crippen MR) is 76.6 cm³/mol. The van der Waals surface area contributed by atoms with Crippen LogP contribution in [0.1, 0.15) is 24.8 Å². The van der Waals surface area contributed by atoms with Gasteiger partial charge in [-0.2, -0.15) is 0 Å². The van der Waals surface area contributed by atoms with Crippen LogP contribution < -0.4 is 4.72 Å². The number of nitrogens with one attached hydrogen (secondary N) is 1. The van der Waals surface area contributed by atoms with Crippen molar-refractivity contribution in [1.29, 1.82) is 0 Å². The Morgan fingerprint density at radius 3 is 2.38 bits per heavy atom. The lowest BCUT2D eigenvalue weighted by atomic mass is 9.80. The molecule has 0 amide bonds. The summed E-state index contributed by atoms with van der Waals surface area (Å²) < 4.78 is 32.3. The number of carboxylic acids is 1. The molecule has 116 valence electrons. The van der Waals surface area contributed by atoms with E-state index < -0.39 is 16.0 Å². The minimum atomic E-state index is -3.60. The molecule has 1 aliphatic rings. The summed E-state index contributed by atoms with van der Waals surface area (Å²) in [6.07, 6.45) is 2.62. The Kier molecular flexibility index (Phi) is 4.65. The number of ether oxygens (including phenoxy) is 1. The first-order valence-corrected chi connectivity index (χ1v) is 8.21. The molecular formula is C14H19NO5S. The number of hydrogen-bond donors (Lipinski definition) is 2. The van der Waals surface area contributed by atoms with Gasteiger partial charge in [-0.05, 0) is 37.0 Å². The Bertz CT molecular complexity index is 599. The molecule has 0 radical (unpaired) electrons. The third-order valence-corrected chi connectivity index (χ3v) is 5.29. The molecule has 1 saturated carbocycles. The Morgan fingerprint density at radius 2 is 1.95 bits per heavy atom. The Morgan fingerprint density at radius 1 is 1.33 bits per heavy atom. The number of hydrogen-bond acceptors (Lipinski definition) is 4. The molecule has 0 atom stereocenters. The number of rotatable bonds is 7. The minimum absolute atomic E-state index is 0.124. The molecule has 21 heavy (non-hydrogen) atoms. The van der Waals surface area contributed by atoms with Crippen molar-refractivity contribution in [3.05, 3.63) is 29.8 Å². The standard InChI is InChI=1S/C14H19NO5S/c1-20-14(7-2-8-14)10-15-21(18,19)12-5-3-11(4-6-12)9-13(16)17/h3-6,15H,2,7-10H2,1H3,(H,16,17). The number of benzene rings is 1. The largest absolute Gasteiger partial charge is 0.481 e. The highest BCUT2D eigenvalue weighted by molar-refractivity contribution is 7.89. The Hall–Kier alpha value is -1.44. The highest BCUT2D eigenvalue weighted by Crippen LogP contribution is 2.34. The van der Waals surface area contributed by atoms with Crippen LogP contribution in [0.4, 0.5) is 0 Å². The molecule has 0 spiro atoms. The van der Waals surface area contributed by atoms with E-state index in [4.69, 9.17) is 9.84 Å². The summed E-state index contributed by atoms with van der Waals surface area (Å²) in [5, 5.41) is 8.69. The molecule has 0 heterocycles. The number of aliphatic carboxylic acids is 1. The number of carbonyl (C=O) groups is 1. The van der Waals surface area contributed by atoms with Crippen molar-refractivity contribution < 1.29 is 23.1 Å². The zero-order chi connectivity index (χ0) is 15.5. The van der Waals surface area contributed by atoms with Crippen LogP contribution in [0.15, 0.2) is 29.2 Å². The van der Waals surface area contributed by atoms with Gasteiger partial charge >= 0.3 is 5.97 Å². The monoisotopic (exact) mass is 313 g/mol. The summed E-state index contributed by atoms with van der Waals surface area (Å²) in [4.78, 5) is 10.7. The van der Waals surface area contributed by atoms with Crippen molar-refractivity contribution in [3.63, 3.8) is 0 Å². The van der Waals surface area contributed by atoms with Gasteiger partial charge in [0.2, 0.25) is 10.0 Å². The molecule has 2 N–H and O–H groups in total. The summed E-state index contributed by atoms with van der Waals surface area (Å²) in [6.45, 7) is 0.253. The fraction of sp³-hybridized carbons (Fsp3) is 0.500. The molecule has 0 unspecified atom stereocenters. The van der Waals surface area contributed by atoms with Crippen LogP contribution in [0, 0.1) is 0 Å². The predicted octanol–water partition coefficient (Wildman–Crippen LogP) is 1.16. The van der Waals surface area contributed by atoms with Gasteiger partial charge in [0.1, 0.15) is 0 Å². The summed E-state index contributed by atoms with van der Waals surface area (Å²) >= 11 is 0. The van der Waals surface area contributed by atoms with Gasteiger partial charge < -0.3 is 9.84 Å². The van der Waals surface area contributed by atoms with Gasteiger partial charge in [0.25, 0.3) is 0 Å². The molecule has 0 aromatic heterocycles. The first-order valence-electron chi connectivity index (χ1n) is 6.72. The lowest BCUT2D eigenvalue weighted by molar-refractivity contribution is -0.136. The molecule has 7 heteroatoms. The van der Waals surface area contributed by atoms with E-state index in [1.165, 1.54) is 24.3 Å². The van der Waals surface area contributed by atoms with Crippen LogP contribution in [-0.4, -0.2) is 38.7 Å². The quantitative estimate of drug-likeness (QED) is 0.788. The van der Waals surface area contributed by atoms with E-state index >= 15 is 0 Å². The number of sulfonamides is 1. The van der Waals surface area contributed by atoms with Crippen molar-refractivity contribution in [2.45, 2.75) is 36.2 Å². The Balaban J connectivity index is 2.03. The van der Waals surface area contributed by atoms with Crippen LogP contribution in [-0.2, 0) is 26.0 Å². The fourth-order valence-corrected chi connectivity index (χ4v) is 3.41. The normalized spacial score (nSPS) is 17.2. The first kappa shape index (κ1) is 15.9. The zero-order valence-electron chi connectivity index (χ0n) is 11.8. The number of carboxylic acid groups (broad SMARTS) is 1. The number of methoxy groups -OCH3 is 1. The van der Waals surface area contributed by atoms with E-state index in [9.17, 15) is 13.2 Å².